The van der Waals surface area contributed by atoms with Gasteiger partial charge in [0.1, 0.15) is 5.82 Å². The summed E-state index contributed by atoms with van der Waals surface area (Å²) in [5.41, 5.74) is 5.25. The monoisotopic (exact) mass is 173 g/mol. The summed E-state index contributed by atoms with van der Waals surface area (Å²) in [4.78, 5) is 7.37. The van der Waals surface area contributed by atoms with E-state index in [0.717, 1.165) is 12.4 Å². The van der Waals surface area contributed by atoms with Gasteiger partial charge in [-0.1, -0.05) is 0 Å². The Morgan fingerprint density at radius 2 is 1.83 bits per heavy atom. The van der Waals surface area contributed by atoms with E-state index in [4.69, 9.17) is 5.73 Å². The smallest absolute Gasteiger partial charge is 0.266 e. The summed E-state index contributed by atoms with van der Waals surface area (Å²) < 4.78 is 24.0. The van der Waals surface area contributed by atoms with Crippen molar-refractivity contribution < 1.29 is 8.78 Å². The summed E-state index contributed by atoms with van der Waals surface area (Å²) in [5, 5.41) is 0. The molecule has 2 N–H and O–H groups in total. The van der Waals surface area contributed by atoms with Crippen LogP contribution in [0.1, 0.15) is 30.8 Å². The predicted molar refractivity (Wildman–Crippen MR) is 39.6 cm³/mol. The normalized spacial score (nSPS) is 13.4. The van der Waals surface area contributed by atoms with Crippen molar-refractivity contribution in [2.75, 3.05) is 0 Å². The molecular weight excluding hydrogens is 164 g/mol. The van der Waals surface area contributed by atoms with Crippen LogP contribution in [0.3, 0.4) is 0 Å². The van der Waals surface area contributed by atoms with Crippen LogP contribution in [0.25, 0.3) is 0 Å². The summed E-state index contributed by atoms with van der Waals surface area (Å²) in [6.07, 6.45) is -0.334. The molecule has 0 saturated heterocycles. The Morgan fingerprint density at radius 1 is 1.33 bits per heavy atom. The Kier molecular flexibility index (Phi) is 2.65. The Balaban J connectivity index is 2.86. The average Bonchev–Trinajstić information content (AvgIpc) is 2.04. The van der Waals surface area contributed by atoms with E-state index in [0.29, 0.717) is 5.82 Å². The van der Waals surface area contributed by atoms with E-state index in [2.05, 4.69) is 9.97 Å². The maximum Gasteiger partial charge on any atom is 0.266 e. The van der Waals surface area contributed by atoms with Crippen LogP contribution in [0, 0.1) is 0 Å². The molecule has 66 valence electrons. The molecule has 1 rings (SSSR count). The fourth-order valence-corrected chi connectivity index (χ4v) is 0.696. The second-order valence-electron chi connectivity index (χ2n) is 2.46. The third-order valence-corrected chi connectivity index (χ3v) is 1.35. The summed E-state index contributed by atoms with van der Waals surface area (Å²) >= 11 is 0. The SMILES string of the molecule is CC(N)c1ncc(C(F)F)cn1. The maximum atomic E-state index is 12.0. The van der Waals surface area contributed by atoms with E-state index in [1.165, 1.54) is 0 Å². The van der Waals surface area contributed by atoms with Gasteiger partial charge in [-0.15, -0.1) is 0 Å². The molecule has 0 aliphatic rings. The molecular formula is C7H9F2N3. The van der Waals surface area contributed by atoms with Gasteiger partial charge in [0, 0.05) is 12.4 Å². The van der Waals surface area contributed by atoms with Crippen LogP contribution in [0.15, 0.2) is 12.4 Å². The van der Waals surface area contributed by atoms with Gasteiger partial charge in [0.05, 0.1) is 11.6 Å². The minimum Gasteiger partial charge on any atom is -0.322 e. The lowest BCUT2D eigenvalue weighted by atomic mass is 10.3. The van der Waals surface area contributed by atoms with Crippen molar-refractivity contribution in [3.63, 3.8) is 0 Å². The third kappa shape index (κ3) is 1.94. The lowest BCUT2D eigenvalue weighted by Gasteiger charge is -2.03. The van der Waals surface area contributed by atoms with E-state index >= 15 is 0 Å². The fraction of sp³-hybridized carbons (Fsp3) is 0.429. The summed E-state index contributed by atoms with van der Waals surface area (Å²) in [6, 6.07) is -0.322. The minimum absolute atomic E-state index is 0.181. The molecule has 1 aromatic rings. The molecule has 1 heterocycles. The maximum absolute atomic E-state index is 12.0. The van der Waals surface area contributed by atoms with E-state index in [1.54, 1.807) is 6.92 Å². The topological polar surface area (TPSA) is 51.8 Å². The first kappa shape index (κ1) is 8.99. The Hall–Kier alpha value is -1.10. The minimum atomic E-state index is -2.52. The zero-order chi connectivity index (χ0) is 9.14. The average molecular weight is 173 g/mol. The second kappa shape index (κ2) is 3.53. The summed E-state index contributed by atoms with van der Waals surface area (Å²) in [7, 11) is 0. The quantitative estimate of drug-likeness (QED) is 0.736. The van der Waals surface area contributed by atoms with Crippen molar-refractivity contribution in [3.05, 3.63) is 23.8 Å². The highest BCUT2D eigenvalue weighted by Crippen LogP contribution is 2.16. The van der Waals surface area contributed by atoms with E-state index in [1.807, 2.05) is 0 Å². The molecule has 1 atom stereocenters. The van der Waals surface area contributed by atoms with Gasteiger partial charge in [-0.25, -0.2) is 18.7 Å². The Labute approximate surface area is 68.6 Å². The first-order chi connectivity index (χ1) is 5.61. The molecule has 3 nitrogen and oxygen atoms in total. The van der Waals surface area contributed by atoms with Crippen LogP contribution in [-0.4, -0.2) is 9.97 Å². The molecule has 0 aromatic carbocycles. The van der Waals surface area contributed by atoms with Gasteiger partial charge in [0.25, 0.3) is 6.43 Å². The summed E-state index contributed by atoms with van der Waals surface area (Å²) in [6.45, 7) is 1.69. The van der Waals surface area contributed by atoms with Gasteiger partial charge in [0.15, 0.2) is 0 Å². The van der Waals surface area contributed by atoms with Crippen LogP contribution < -0.4 is 5.73 Å². The number of alkyl halides is 2. The Bertz CT molecular complexity index is 218. The van der Waals surface area contributed by atoms with Crippen molar-refractivity contribution in [2.24, 2.45) is 5.73 Å². The molecule has 0 aliphatic carbocycles. The molecule has 0 aliphatic heterocycles. The van der Waals surface area contributed by atoms with Gasteiger partial charge in [-0.05, 0) is 6.92 Å². The number of hydrogen-bond donors (Lipinski definition) is 1. The van der Waals surface area contributed by atoms with Gasteiger partial charge < -0.3 is 5.73 Å². The summed E-state index contributed by atoms with van der Waals surface area (Å²) in [5.74, 6) is 0.374. The van der Waals surface area contributed by atoms with Crippen molar-refractivity contribution in [3.8, 4) is 0 Å². The molecule has 0 amide bonds. The second-order valence-corrected chi connectivity index (χ2v) is 2.46. The molecule has 0 bridgehead atoms. The molecule has 0 spiro atoms. The zero-order valence-corrected chi connectivity index (χ0v) is 6.54. The van der Waals surface area contributed by atoms with Crippen LogP contribution in [0.2, 0.25) is 0 Å². The van der Waals surface area contributed by atoms with Crippen LogP contribution in [-0.2, 0) is 0 Å². The predicted octanol–water partition coefficient (Wildman–Crippen LogP) is 1.43. The first-order valence-corrected chi connectivity index (χ1v) is 3.47. The first-order valence-electron chi connectivity index (χ1n) is 3.47. The highest BCUT2D eigenvalue weighted by atomic mass is 19.3. The molecule has 1 aromatic heterocycles. The Morgan fingerprint density at radius 3 is 2.17 bits per heavy atom. The van der Waals surface area contributed by atoms with Gasteiger partial charge in [-0.3, -0.25) is 0 Å². The van der Waals surface area contributed by atoms with E-state index in [9.17, 15) is 8.78 Å². The molecule has 0 fully saturated rings. The zero-order valence-electron chi connectivity index (χ0n) is 6.54. The van der Waals surface area contributed by atoms with Crippen molar-refractivity contribution in [1.82, 2.24) is 9.97 Å². The van der Waals surface area contributed by atoms with Crippen molar-refractivity contribution in [2.45, 2.75) is 19.4 Å². The molecule has 5 heteroatoms. The highest BCUT2D eigenvalue weighted by molar-refractivity contribution is 5.07. The van der Waals surface area contributed by atoms with Crippen molar-refractivity contribution in [1.29, 1.82) is 0 Å². The van der Waals surface area contributed by atoms with E-state index in [-0.39, 0.29) is 11.6 Å². The number of nitrogens with zero attached hydrogens (tertiary/aromatic N) is 2. The van der Waals surface area contributed by atoms with Gasteiger partial charge in [-0.2, -0.15) is 0 Å². The molecule has 12 heavy (non-hydrogen) atoms. The lowest BCUT2D eigenvalue weighted by molar-refractivity contribution is 0.150. The van der Waals surface area contributed by atoms with E-state index < -0.39 is 6.43 Å². The van der Waals surface area contributed by atoms with Crippen LogP contribution in [0.5, 0.6) is 0 Å². The highest BCUT2D eigenvalue weighted by Gasteiger charge is 2.08. The van der Waals surface area contributed by atoms with Crippen LogP contribution >= 0.6 is 0 Å². The fourth-order valence-electron chi connectivity index (χ4n) is 0.696. The van der Waals surface area contributed by atoms with Crippen molar-refractivity contribution >= 4 is 0 Å². The molecule has 0 saturated carbocycles. The number of rotatable bonds is 2. The number of hydrogen-bond acceptors (Lipinski definition) is 3. The molecule has 0 radical (unpaired) electrons. The van der Waals surface area contributed by atoms with Gasteiger partial charge in [0.2, 0.25) is 0 Å². The third-order valence-electron chi connectivity index (χ3n) is 1.35. The number of aromatic nitrogens is 2. The largest absolute Gasteiger partial charge is 0.322 e. The van der Waals surface area contributed by atoms with Crippen LogP contribution in [0.4, 0.5) is 8.78 Å². The van der Waals surface area contributed by atoms with Gasteiger partial charge >= 0.3 is 0 Å². The number of halogens is 2. The standard InChI is InChI=1S/C7H9F2N3/c1-4(10)7-11-2-5(3-12-7)6(8)9/h2-4,6H,10H2,1H3. The lowest BCUT2D eigenvalue weighted by Crippen LogP contribution is -2.09. The number of nitrogens with two attached hydrogens (primary N) is 1. The molecule has 1 unspecified atom stereocenters.